The molecule has 32 heavy (non-hydrogen) atoms. The highest BCUT2D eigenvalue weighted by atomic mass is 35.5. The summed E-state index contributed by atoms with van der Waals surface area (Å²) in [6.45, 7) is 0.174. The first-order chi connectivity index (χ1) is 15.5. The molecule has 0 aliphatic heterocycles. The Bertz CT molecular complexity index is 1480. The third kappa shape index (κ3) is 3.29. The van der Waals surface area contributed by atoms with Crippen LogP contribution in [0.5, 0.6) is 5.75 Å². The molecule has 0 saturated carbocycles. The largest absolute Gasteiger partial charge is 0.496 e. The van der Waals surface area contributed by atoms with Gasteiger partial charge in [-0.05, 0) is 67.3 Å². The van der Waals surface area contributed by atoms with Crippen molar-refractivity contribution in [1.82, 2.24) is 9.13 Å². The van der Waals surface area contributed by atoms with Gasteiger partial charge in [0.2, 0.25) is 0 Å². The predicted octanol–water partition coefficient (Wildman–Crippen LogP) is 4.23. The van der Waals surface area contributed by atoms with Crippen molar-refractivity contribution in [2.75, 3.05) is 7.11 Å². The highest BCUT2D eigenvalue weighted by molar-refractivity contribution is 7.18. The van der Waals surface area contributed by atoms with Gasteiger partial charge in [0.15, 0.2) is 0 Å². The molecule has 6 nitrogen and oxygen atoms in total. The van der Waals surface area contributed by atoms with Gasteiger partial charge in [-0.1, -0.05) is 11.6 Å². The average molecular weight is 467 g/mol. The van der Waals surface area contributed by atoms with E-state index in [1.807, 2.05) is 0 Å². The number of halogens is 1. The van der Waals surface area contributed by atoms with Crippen molar-refractivity contribution in [3.05, 3.63) is 89.9 Å². The molecular formula is C24H19ClN2O4S. The minimum absolute atomic E-state index is 0.174. The SMILES string of the molecule is COc1ccc(C=O)cc1Cn1c(=O)n(-c2ccc(Cl)cc2)c(=O)c2c3c(sc21)CCC3. The van der Waals surface area contributed by atoms with Crippen LogP contribution in [-0.4, -0.2) is 22.5 Å². The van der Waals surface area contributed by atoms with Crippen LogP contribution >= 0.6 is 22.9 Å². The number of thiophene rings is 1. The van der Waals surface area contributed by atoms with Crippen molar-refractivity contribution in [2.24, 2.45) is 0 Å². The van der Waals surface area contributed by atoms with Crippen molar-refractivity contribution in [3.8, 4) is 11.4 Å². The van der Waals surface area contributed by atoms with Crippen LogP contribution in [0.3, 0.4) is 0 Å². The maximum Gasteiger partial charge on any atom is 0.337 e. The van der Waals surface area contributed by atoms with Gasteiger partial charge in [-0.2, -0.15) is 0 Å². The van der Waals surface area contributed by atoms with Crippen LogP contribution in [0, 0.1) is 0 Å². The summed E-state index contributed by atoms with van der Waals surface area (Å²) >= 11 is 7.53. The molecule has 8 heteroatoms. The summed E-state index contributed by atoms with van der Waals surface area (Å²) in [6, 6.07) is 11.7. The molecule has 0 saturated heterocycles. The summed E-state index contributed by atoms with van der Waals surface area (Å²) in [5.74, 6) is 0.573. The van der Waals surface area contributed by atoms with Gasteiger partial charge in [0.1, 0.15) is 16.9 Å². The second-order valence-corrected chi connectivity index (χ2v) is 9.23. The summed E-state index contributed by atoms with van der Waals surface area (Å²) in [5.41, 5.74) is 1.94. The van der Waals surface area contributed by atoms with Gasteiger partial charge in [-0.15, -0.1) is 11.3 Å². The van der Waals surface area contributed by atoms with E-state index in [9.17, 15) is 14.4 Å². The van der Waals surface area contributed by atoms with E-state index in [2.05, 4.69) is 0 Å². The fraction of sp³-hybridized carbons (Fsp3) is 0.208. The minimum atomic E-state index is -0.441. The van der Waals surface area contributed by atoms with E-state index in [-0.39, 0.29) is 12.1 Å². The number of carbonyl (C=O) groups is 1. The average Bonchev–Trinajstić information content (AvgIpc) is 3.39. The van der Waals surface area contributed by atoms with Crippen LogP contribution in [0.4, 0.5) is 0 Å². The Morgan fingerprint density at radius 2 is 1.91 bits per heavy atom. The van der Waals surface area contributed by atoms with Gasteiger partial charge in [0, 0.05) is 21.0 Å². The van der Waals surface area contributed by atoms with Gasteiger partial charge < -0.3 is 4.74 Å². The maximum absolute atomic E-state index is 13.7. The number of aromatic nitrogens is 2. The molecule has 0 spiro atoms. The highest BCUT2D eigenvalue weighted by Crippen LogP contribution is 2.36. The molecule has 2 aromatic heterocycles. The molecule has 0 unspecified atom stereocenters. The first kappa shape index (κ1) is 20.7. The van der Waals surface area contributed by atoms with Gasteiger partial charge in [-0.25, -0.2) is 9.36 Å². The monoisotopic (exact) mass is 466 g/mol. The van der Waals surface area contributed by atoms with Crippen molar-refractivity contribution < 1.29 is 9.53 Å². The Labute approximate surface area is 192 Å². The number of fused-ring (bicyclic) bond motifs is 3. The second-order valence-electron chi connectivity index (χ2n) is 7.71. The first-order valence-electron chi connectivity index (χ1n) is 10.2. The zero-order valence-corrected chi connectivity index (χ0v) is 18.8. The number of methoxy groups -OCH3 is 1. The van der Waals surface area contributed by atoms with Crippen molar-refractivity contribution in [2.45, 2.75) is 25.8 Å². The van der Waals surface area contributed by atoms with Crippen molar-refractivity contribution in [1.29, 1.82) is 0 Å². The molecule has 1 aliphatic rings. The summed E-state index contributed by atoms with van der Waals surface area (Å²) in [6.07, 6.45) is 3.50. The van der Waals surface area contributed by atoms with Crippen LogP contribution in [0.1, 0.15) is 32.8 Å². The number of rotatable bonds is 5. The lowest BCUT2D eigenvalue weighted by Gasteiger charge is -2.15. The standard InChI is InChI=1S/C24H19ClN2O4S/c1-31-19-10-5-14(13-28)11-15(19)12-26-23-21(18-3-2-4-20(18)32-23)22(29)27(24(26)30)17-8-6-16(25)7-9-17/h5-11,13H,2-4,12H2,1H3. The lowest BCUT2D eigenvalue weighted by molar-refractivity contribution is 0.112. The number of benzene rings is 2. The Morgan fingerprint density at radius 3 is 2.62 bits per heavy atom. The molecule has 0 radical (unpaired) electrons. The van der Waals surface area contributed by atoms with Crippen LogP contribution in [0.25, 0.3) is 15.9 Å². The highest BCUT2D eigenvalue weighted by Gasteiger charge is 2.25. The van der Waals surface area contributed by atoms with Crippen LogP contribution in [0.15, 0.2) is 52.1 Å². The van der Waals surface area contributed by atoms with Crippen LogP contribution in [0.2, 0.25) is 5.02 Å². The van der Waals surface area contributed by atoms with Crippen LogP contribution in [-0.2, 0) is 19.4 Å². The summed E-state index contributed by atoms with van der Waals surface area (Å²) in [5, 5.41) is 1.12. The molecule has 0 bridgehead atoms. The number of ether oxygens (including phenoxy) is 1. The van der Waals surface area contributed by atoms with E-state index in [1.54, 1.807) is 54.1 Å². The quantitative estimate of drug-likeness (QED) is 0.413. The van der Waals surface area contributed by atoms with Gasteiger partial charge in [0.25, 0.3) is 5.56 Å². The Kier molecular flexibility index (Phi) is 5.23. The topological polar surface area (TPSA) is 70.3 Å². The maximum atomic E-state index is 13.7. The van der Waals surface area contributed by atoms with E-state index in [1.165, 1.54) is 15.9 Å². The van der Waals surface area contributed by atoms with Gasteiger partial charge in [-0.3, -0.25) is 14.2 Å². The summed E-state index contributed by atoms with van der Waals surface area (Å²) < 4.78 is 8.29. The first-order valence-corrected chi connectivity index (χ1v) is 11.4. The van der Waals surface area contributed by atoms with E-state index in [0.717, 1.165) is 36.0 Å². The molecule has 4 aromatic rings. The molecule has 1 aliphatic carbocycles. The molecule has 0 fully saturated rings. The molecule has 0 amide bonds. The third-order valence-electron chi connectivity index (χ3n) is 5.84. The predicted molar refractivity (Wildman–Crippen MR) is 126 cm³/mol. The number of hydrogen-bond acceptors (Lipinski definition) is 5. The normalized spacial score (nSPS) is 12.8. The number of nitrogens with zero attached hydrogens (tertiary/aromatic N) is 2. The lowest BCUT2D eigenvalue weighted by Crippen LogP contribution is -2.39. The van der Waals surface area contributed by atoms with Gasteiger partial charge >= 0.3 is 5.69 Å². The van der Waals surface area contributed by atoms with E-state index in [0.29, 0.717) is 37.8 Å². The molecule has 0 N–H and O–H groups in total. The summed E-state index contributed by atoms with van der Waals surface area (Å²) in [7, 11) is 1.55. The molecule has 2 aromatic carbocycles. The van der Waals surface area contributed by atoms with E-state index in [4.69, 9.17) is 16.3 Å². The number of carbonyl (C=O) groups excluding carboxylic acids is 1. The fourth-order valence-electron chi connectivity index (χ4n) is 4.33. The molecular weight excluding hydrogens is 448 g/mol. The zero-order chi connectivity index (χ0) is 22.4. The van der Waals surface area contributed by atoms with Crippen LogP contribution < -0.4 is 16.0 Å². The van der Waals surface area contributed by atoms with E-state index < -0.39 is 5.69 Å². The summed E-state index contributed by atoms with van der Waals surface area (Å²) in [4.78, 5) is 40.4. The minimum Gasteiger partial charge on any atom is -0.496 e. The van der Waals surface area contributed by atoms with Crippen molar-refractivity contribution in [3.63, 3.8) is 0 Å². The molecule has 162 valence electrons. The third-order valence-corrected chi connectivity index (χ3v) is 7.41. The molecule has 0 atom stereocenters. The second kappa shape index (κ2) is 8.07. The number of aldehydes is 1. The Hall–Kier alpha value is -3.16. The lowest BCUT2D eigenvalue weighted by atomic mass is 10.1. The molecule has 5 rings (SSSR count). The number of aryl methyl sites for hydroxylation is 2. The van der Waals surface area contributed by atoms with E-state index >= 15 is 0 Å². The Morgan fingerprint density at radius 1 is 1.12 bits per heavy atom. The fourth-order valence-corrected chi connectivity index (χ4v) is 5.83. The molecule has 2 heterocycles. The zero-order valence-electron chi connectivity index (χ0n) is 17.3. The van der Waals surface area contributed by atoms with Gasteiger partial charge in [0.05, 0.1) is 24.7 Å². The Balaban J connectivity index is 1.81. The smallest absolute Gasteiger partial charge is 0.337 e. The number of hydrogen-bond donors (Lipinski definition) is 0. The van der Waals surface area contributed by atoms with Crippen molar-refractivity contribution >= 4 is 39.4 Å².